The van der Waals surface area contributed by atoms with E-state index in [1.807, 2.05) is 30.3 Å². The van der Waals surface area contributed by atoms with Crippen LogP contribution < -0.4 is 11.1 Å². The first kappa shape index (κ1) is 16.7. The zero-order valence-corrected chi connectivity index (χ0v) is 13.9. The van der Waals surface area contributed by atoms with E-state index in [0.717, 1.165) is 43.4 Å². The van der Waals surface area contributed by atoms with Crippen LogP contribution in [0.4, 0.5) is 0 Å². The molecule has 1 aliphatic carbocycles. The summed E-state index contributed by atoms with van der Waals surface area (Å²) in [7, 11) is 0. The number of hydrogen-bond acceptors (Lipinski definition) is 3. The van der Waals surface area contributed by atoms with Crippen molar-refractivity contribution in [2.45, 2.75) is 31.7 Å². The van der Waals surface area contributed by atoms with Crippen LogP contribution in [-0.4, -0.2) is 17.4 Å². The third kappa shape index (κ3) is 4.01. The molecule has 1 amide bonds. The molecule has 1 unspecified atom stereocenters. The number of carbonyl (C=O) groups excluding carboxylic acids is 1. The Balaban J connectivity index is 1.74. The van der Waals surface area contributed by atoms with Gasteiger partial charge in [-0.25, -0.2) is 0 Å². The highest BCUT2D eigenvalue weighted by molar-refractivity contribution is 5.79. The average molecular weight is 323 g/mol. The van der Waals surface area contributed by atoms with Gasteiger partial charge in [-0.3, -0.25) is 9.78 Å². The molecule has 0 saturated heterocycles. The summed E-state index contributed by atoms with van der Waals surface area (Å²) in [5.41, 5.74) is 7.90. The molecule has 24 heavy (non-hydrogen) atoms. The van der Waals surface area contributed by atoms with Crippen molar-refractivity contribution in [2.75, 3.05) is 6.54 Å². The number of hydrogen-bond donors (Lipinski definition) is 2. The molecule has 4 nitrogen and oxygen atoms in total. The van der Waals surface area contributed by atoms with Crippen molar-refractivity contribution in [3.63, 3.8) is 0 Å². The number of pyridine rings is 1. The third-order valence-corrected chi connectivity index (χ3v) is 5.01. The molecular formula is C20H25N3O. The Bertz CT molecular complexity index is 597. The molecule has 1 aromatic carbocycles. The lowest BCUT2D eigenvalue weighted by Crippen LogP contribution is -2.37. The lowest BCUT2D eigenvalue weighted by Gasteiger charge is -2.29. The lowest BCUT2D eigenvalue weighted by atomic mass is 9.81. The number of nitrogens with one attached hydrogen (secondary N) is 1. The van der Waals surface area contributed by atoms with Gasteiger partial charge >= 0.3 is 0 Å². The lowest BCUT2D eigenvalue weighted by molar-refractivity contribution is -0.126. The van der Waals surface area contributed by atoms with Crippen molar-refractivity contribution >= 4 is 5.91 Å². The van der Waals surface area contributed by atoms with Crippen molar-refractivity contribution in [1.82, 2.24) is 10.3 Å². The Morgan fingerprint density at radius 1 is 1.04 bits per heavy atom. The fourth-order valence-electron chi connectivity index (χ4n) is 3.48. The van der Waals surface area contributed by atoms with E-state index < -0.39 is 0 Å². The van der Waals surface area contributed by atoms with E-state index in [1.54, 1.807) is 12.4 Å². The second-order valence-electron chi connectivity index (χ2n) is 6.59. The van der Waals surface area contributed by atoms with Gasteiger partial charge in [0.25, 0.3) is 0 Å². The van der Waals surface area contributed by atoms with Crippen LogP contribution in [0.15, 0.2) is 54.9 Å². The van der Waals surface area contributed by atoms with Crippen molar-refractivity contribution < 1.29 is 4.79 Å². The maximum atomic E-state index is 12.8. The largest absolute Gasteiger partial charge is 0.345 e. The molecule has 4 heteroatoms. The van der Waals surface area contributed by atoms with Crippen LogP contribution in [0.5, 0.6) is 0 Å². The van der Waals surface area contributed by atoms with Gasteiger partial charge in [0.1, 0.15) is 0 Å². The first-order chi connectivity index (χ1) is 11.8. The second kappa shape index (κ2) is 8.06. The zero-order chi connectivity index (χ0) is 16.8. The number of carbonyl (C=O) groups is 1. The van der Waals surface area contributed by atoms with E-state index in [0.29, 0.717) is 5.92 Å². The molecule has 0 bridgehead atoms. The maximum absolute atomic E-state index is 12.8. The summed E-state index contributed by atoms with van der Waals surface area (Å²) in [5.74, 6) is 0.830. The van der Waals surface area contributed by atoms with E-state index in [-0.39, 0.29) is 17.9 Å². The minimum Gasteiger partial charge on any atom is -0.345 e. The smallest absolute Gasteiger partial charge is 0.223 e. The molecule has 1 atom stereocenters. The summed E-state index contributed by atoms with van der Waals surface area (Å²) >= 11 is 0. The van der Waals surface area contributed by atoms with Gasteiger partial charge in [-0.2, -0.15) is 0 Å². The van der Waals surface area contributed by atoms with Crippen molar-refractivity contribution in [2.24, 2.45) is 17.6 Å². The van der Waals surface area contributed by atoms with Gasteiger partial charge in [-0.1, -0.05) is 30.3 Å². The van der Waals surface area contributed by atoms with Gasteiger partial charge in [0.05, 0.1) is 6.04 Å². The summed E-state index contributed by atoms with van der Waals surface area (Å²) in [6.07, 6.45) is 7.52. The van der Waals surface area contributed by atoms with Crippen LogP contribution in [0.1, 0.15) is 42.9 Å². The Hall–Kier alpha value is -2.20. The standard InChI is InChI=1S/C20H25N3O/c21-14-15-6-8-18(9-7-15)20(24)23-19(16-4-2-1-3-5-16)17-10-12-22-13-11-17/h1-5,10-13,15,18-19H,6-9,14,21H2,(H,23,24). The highest BCUT2D eigenvalue weighted by Crippen LogP contribution is 2.29. The minimum absolute atomic E-state index is 0.0980. The van der Waals surface area contributed by atoms with Crippen LogP contribution in [0.25, 0.3) is 0 Å². The fourth-order valence-corrected chi connectivity index (χ4v) is 3.48. The fraction of sp³-hybridized carbons (Fsp3) is 0.400. The number of aromatic nitrogens is 1. The predicted octanol–water partition coefficient (Wildman–Crippen LogP) is 3.05. The van der Waals surface area contributed by atoms with Crippen LogP contribution in [0, 0.1) is 11.8 Å². The van der Waals surface area contributed by atoms with E-state index in [2.05, 4.69) is 22.4 Å². The highest BCUT2D eigenvalue weighted by Gasteiger charge is 2.27. The quantitative estimate of drug-likeness (QED) is 0.888. The highest BCUT2D eigenvalue weighted by atomic mass is 16.1. The third-order valence-electron chi connectivity index (χ3n) is 5.01. The topological polar surface area (TPSA) is 68.0 Å². The van der Waals surface area contributed by atoms with E-state index >= 15 is 0 Å². The van der Waals surface area contributed by atoms with E-state index in [1.165, 1.54) is 0 Å². The molecule has 3 N–H and O–H groups in total. The molecule has 126 valence electrons. The summed E-state index contributed by atoms with van der Waals surface area (Å²) in [6.45, 7) is 0.734. The normalized spacial score (nSPS) is 21.9. The van der Waals surface area contributed by atoms with Crippen molar-refractivity contribution in [3.8, 4) is 0 Å². The van der Waals surface area contributed by atoms with Gasteiger partial charge in [-0.05, 0) is 61.4 Å². The average Bonchev–Trinajstić information content (AvgIpc) is 2.67. The van der Waals surface area contributed by atoms with Gasteiger partial charge in [0.2, 0.25) is 5.91 Å². The van der Waals surface area contributed by atoms with Gasteiger partial charge in [0.15, 0.2) is 0 Å². The Labute approximate surface area is 143 Å². The maximum Gasteiger partial charge on any atom is 0.223 e. The van der Waals surface area contributed by atoms with Gasteiger partial charge < -0.3 is 11.1 Å². The predicted molar refractivity (Wildman–Crippen MR) is 95.2 cm³/mol. The van der Waals surface area contributed by atoms with Crippen molar-refractivity contribution in [3.05, 3.63) is 66.0 Å². The molecule has 0 aliphatic heterocycles. The summed E-state index contributed by atoms with van der Waals surface area (Å²) in [6, 6.07) is 13.9. The summed E-state index contributed by atoms with van der Waals surface area (Å²) in [5, 5.41) is 3.25. The molecule has 1 heterocycles. The number of rotatable bonds is 5. The molecule has 0 radical (unpaired) electrons. The number of amides is 1. The molecule has 1 fully saturated rings. The van der Waals surface area contributed by atoms with Gasteiger partial charge in [0, 0.05) is 18.3 Å². The van der Waals surface area contributed by atoms with E-state index in [9.17, 15) is 4.79 Å². The molecule has 3 rings (SSSR count). The molecule has 1 saturated carbocycles. The number of nitrogens with two attached hydrogens (primary N) is 1. The molecule has 1 aliphatic rings. The van der Waals surface area contributed by atoms with Crippen LogP contribution in [-0.2, 0) is 4.79 Å². The molecule has 1 aromatic heterocycles. The molecule has 2 aromatic rings. The SMILES string of the molecule is NCC1CCC(C(=O)NC(c2ccccc2)c2ccncc2)CC1. The minimum atomic E-state index is -0.131. The zero-order valence-electron chi connectivity index (χ0n) is 13.9. The first-order valence-corrected chi connectivity index (χ1v) is 8.73. The Morgan fingerprint density at radius 2 is 1.67 bits per heavy atom. The van der Waals surface area contributed by atoms with E-state index in [4.69, 9.17) is 5.73 Å². The first-order valence-electron chi connectivity index (χ1n) is 8.73. The number of benzene rings is 1. The van der Waals surface area contributed by atoms with Gasteiger partial charge in [-0.15, -0.1) is 0 Å². The number of nitrogens with zero attached hydrogens (tertiary/aromatic N) is 1. The van der Waals surface area contributed by atoms with Crippen LogP contribution in [0.3, 0.4) is 0 Å². The molecular weight excluding hydrogens is 298 g/mol. The monoisotopic (exact) mass is 323 g/mol. The Kier molecular flexibility index (Phi) is 5.59. The van der Waals surface area contributed by atoms with Crippen molar-refractivity contribution in [1.29, 1.82) is 0 Å². The molecule has 0 spiro atoms. The Morgan fingerprint density at radius 3 is 2.29 bits per heavy atom. The van der Waals surface area contributed by atoms with Crippen LogP contribution in [0.2, 0.25) is 0 Å². The summed E-state index contributed by atoms with van der Waals surface area (Å²) in [4.78, 5) is 16.9. The summed E-state index contributed by atoms with van der Waals surface area (Å²) < 4.78 is 0. The van der Waals surface area contributed by atoms with Crippen LogP contribution >= 0.6 is 0 Å². The second-order valence-corrected chi connectivity index (χ2v) is 6.59.